The van der Waals surface area contributed by atoms with E-state index in [1.807, 2.05) is 50.2 Å². The van der Waals surface area contributed by atoms with E-state index in [-0.39, 0.29) is 30.2 Å². The summed E-state index contributed by atoms with van der Waals surface area (Å²) in [6.07, 6.45) is -0.180. The van der Waals surface area contributed by atoms with Gasteiger partial charge in [-0.3, -0.25) is 14.4 Å². The normalized spacial score (nSPS) is 18.4. The van der Waals surface area contributed by atoms with Gasteiger partial charge in [0.25, 0.3) is 5.91 Å². The monoisotopic (exact) mass is 365 g/mol. The molecule has 1 heterocycles. The zero-order valence-electron chi connectivity index (χ0n) is 15.7. The summed E-state index contributed by atoms with van der Waals surface area (Å²) in [4.78, 5) is 39.7. The molecule has 2 N–H and O–H groups in total. The first kappa shape index (κ1) is 18.6. The van der Waals surface area contributed by atoms with Crippen LogP contribution in [0.2, 0.25) is 0 Å². The van der Waals surface area contributed by atoms with E-state index in [1.54, 1.807) is 23.1 Å². The van der Waals surface area contributed by atoms with Gasteiger partial charge in [0.15, 0.2) is 5.54 Å². The third kappa shape index (κ3) is 3.43. The van der Waals surface area contributed by atoms with Crippen LogP contribution < -0.4 is 15.5 Å². The van der Waals surface area contributed by atoms with Crippen LogP contribution in [0.5, 0.6) is 0 Å². The number of fused-ring (bicyclic) bond motifs is 1. The molecule has 6 heteroatoms. The van der Waals surface area contributed by atoms with Crippen LogP contribution in [0.25, 0.3) is 0 Å². The van der Waals surface area contributed by atoms with Gasteiger partial charge in [0, 0.05) is 24.2 Å². The molecule has 0 radical (unpaired) electrons. The number of para-hydroxylation sites is 2. The lowest BCUT2D eigenvalue weighted by molar-refractivity contribution is -0.133. The van der Waals surface area contributed by atoms with Crippen LogP contribution in [-0.2, 0) is 19.9 Å². The highest BCUT2D eigenvalue weighted by Crippen LogP contribution is 2.43. The molecule has 1 atom stereocenters. The Morgan fingerprint density at radius 1 is 1.04 bits per heavy atom. The first-order chi connectivity index (χ1) is 12.8. The van der Waals surface area contributed by atoms with E-state index >= 15 is 0 Å². The lowest BCUT2D eigenvalue weighted by atomic mass is 9.87. The number of nitrogens with one attached hydrogen (secondary N) is 2. The lowest BCUT2D eigenvalue weighted by Gasteiger charge is -2.30. The van der Waals surface area contributed by atoms with Crippen LogP contribution in [0.3, 0.4) is 0 Å². The van der Waals surface area contributed by atoms with Gasteiger partial charge in [-0.1, -0.05) is 36.4 Å². The highest BCUT2D eigenvalue weighted by molar-refractivity contribution is 6.12. The van der Waals surface area contributed by atoms with Crippen molar-refractivity contribution in [2.75, 3.05) is 10.2 Å². The Bertz CT molecular complexity index is 879. The number of carbonyl (C=O) groups excluding carboxylic acids is 3. The third-order valence-electron chi connectivity index (χ3n) is 4.60. The quantitative estimate of drug-likeness (QED) is 0.855. The van der Waals surface area contributed by atoms with E-state index < -0.39 is 5.54 Å². The summed E-state index contributed by atoms with van der Waals surface area (Å²) >= 11 is 0. The largest absolute Gasteiger partial charge is 0.338 e. The molecule has 0 saturated carbocycles. The molecule has 0 aliphatic carbocycles. The molecule has 0 aromatic heterocycles. The van der Waals surface area contributed by atoms with E-state index in [1.165, 1.54) is 6.92 Å². The van der Waals surface area contributed by atoms with Gasteiger partial charge in [-0.05, 0) is 32.0 Å². The first-order valence-electron chi connectivity index (χ1n) is 8.92. The minimum atomic E-state index is -1.41. The molecule has 2 aromatic carbocycles. The lowest BCUT2D eigenvalue weighted by Crippen LogP contribution is -2.55. The van der Waals surface area contributed by atoms with Crippen molar-refractivity contribution < 1.29 is 14.4 Å². The van der Waals surface area contributed by atoms with Gasteiger partial charge < -0.3 is 15.5 Å². The van der Waals surface area contributed by atoms with Crippen LogP contribution in [0.15, 0.2) is 54.6 Å². The fourth-order valence-corrected chi connectivity index (χ4v) is 3.59. The number of carbonyl (C=O) groups is 3. The molecular weight excluding hydrogens is 342 g/mol. The molecule has 140 valence electrons. The van der Waals surface area contributed by atoms with Crippen LogP contribution in [0.1, 0.15) is 32.8 Å². The van der Waals surface area contributed by atoms with Gasteiger partial charge in [0.1, 0.15) is 0 Å². The molecule has 0 unspecified atom stereocenters. The molecule has 1 aliphatic heterocycles. The number of rotatable bonds is 5. The molecule has 0 spiro atoms. The van der Waals surface area contributed by atoms with Crippen molar-refractivity contribution in [3.63, 3.8) is 0 Å². The van der Waals surface area contributed by atoms with Gasteiger partial charge in [-0.15, -0.1) is 0 Å². The zero-order valence-corrected chi connectivity index (χ0v) is 15.7. The van der Waals surface area contributed by atoms with Crippen molar-refractivity contribution in [1.29, 1.82) is 0 Å². The first-order valence-corrected chi connectivity index (χ1v) is 8.92. The van der Waals surface area contributed by atoms with Crippen LogP contribution in [0.4, 0.5) is 11.4 Å². The molecule has 2 aromatic rings. The van der Waals surface area contributed by atoms with Crippen LogP contribution >= 0.6 is 0 Å². The molecule has 3 amide bonds. The van der Waals surface area contributed by atoms with E-state index in [0.29, 0.717) is 11.3 Å². The van der Waals surface area contributed by atoms with Crippen molar-refractivity contribution in [3.05, 3.63) is 60.2 Å². The van der Waals surface area contributed by atoms with Crippen molar-refractivity contribution in [2.24, 2.45) is 0 Å². The molecule has 0 saturated heterocycles. The number of benzene rings is 2. The maximum Gasteiger partial charge on any atom is 0.258 e. The van der Waals surface area contributed by atoms with Gasteiger partial charge in [-0.25, -0.2) is 0 Å². The van der Waals surface area contributed by atoms with E-state index in [2.05, 4.69) is 10.6 Å². The Morgan fingerprint density at radius 2 is 1.67 bits per heavy atom. The molecule has 6 nitrogen and oxygen atoms in total. The number of hydrogen-bond acceptors (Lipinski definition) is 3. The predicted molar refractivity (Wildman–Crippen MR) is 104 cm³/mol. The standard InChI is InChI=1S/C21H23N3O3/c1-14(2)24-18-12-8-7-11-17(18)21(20(24)27,23-15(3)25)13-19(26)22-16-9-5-4-6-10-16/h4-12,14H,13H2,1-3H3,(H,22,26)(H,23,25)/t21-/m1/s1. The van der Waals surface area contributed by atoms with Gasteiger partial charge in [0.2, 0.25) is 11.8 Å². The van der Waals surface area contributed by atoms with Gasteiger partial charge in [-0.2, -0.15) is 0 Å². The topological polar surface area (TPSA) is 78.5 Å². The second kappa shape index (κ2) is 7.23. The summed E-state index contributed by atoms with van der Waals surface area (Å²) in [5.41, 5.74) is 0.590. The van der Waals surface area contributed by atoms with Gasteiger partial charge >= 0.3 is 0 Å². The number of anilines is 2. The Morgan fingerprint density at radius 3 is 2.30 bits per heavy atom. The molecule has 0 fully saturated rings. The maximum absolute atomic E-state index is 13.4. The Balaban J connectivity index is 2.01. The Kier molecular flexibility index (Phi) is 4.99. The average molecular weight is 365 g/mol. The van der Waals surface area contributed by atoms with E-state index in [0.717, 1.165) is 5.69 Å². The number of amides is 3. The molecule has 27 heavy (non-hydrogen) atoms. The number of nitrogens with zero attached hydrogens (tertiary/aromatic N) is 1. The minimum absolute atomic E-state index is 0.105. The summed E-state index contributed by atoms with van der Waals surface area (Å²) in [6, 6.07) is 16.2. The van der Waals surface area contributed by atoms with E-state index in [9.17, 15) is 14.4 Å². The third-order valence-corrected chi connectivity index (χ3v) is 4.60. The Hall–Kier alpha value is -3.15. The zero-order chi connectivity index (χ0) is 19.6. The van der Waals surface area contributed by atoms with Crippen molar-refractivity contribution in [2.45, 2.75) is 38.8 Å². The summed E-state index contributed by atoms with van der Waals surface area (Å²) in [5.74, 6) is -1.00. The SMILES string of the molecule is CC(=O)N[C@@]1(CC(=O)Nc2ccccc2)C(=O)N(C(C)C)c2ccccc21. The van der Waals surface area contributed by atoms with Crippen LogP contribution in [-0.4, -0.2) is 23.8 Å². The van der Waals surface area contributed by atoms with Crippen LogP contribution in [0, 0.1) is 0 Å². The fraction of sp³-hybridized carbons (Fsp3) is 0.286. The van der Waals surface area contributed by atoms with Crippen molar-refractivity contribution in [1.82, 2.24) is 5.32 Å². The fourth-order valence-electron chi connectivity index (χ4n) is 3.59. The maximum atomic E-state index is 13.4. The molecule has 0 bridgehead atoms. The van der Waals surface area contributed by atoms with Crippen molar-refractivity contribution >= 4 is 29.1 Å². The summed E-state index contributed by atoms with van der Waals surface area (Å²) in [5, 5.41) is 5.57. The highest BCUT2D eigenvalue weighted by Gasteiger charge is 2.53. The molecule has 3 rings (SSSR count). The Labute approximate surface area is 158 Å². The minimum Gasteiger partial charge on any atom is -0.338 e. The average Bonchev–Trinajstić information content (AvgIpc) is 2.84. The summed E-state index contributed by atoms with van der Waals surface area (Å²) in [7, 11) is 0. The highest BCUT2D eigenvalue weighted by atomic mass is 16.2. The van der Waals surface area contributed by atoms with Gasteiger partial charge in [0.05, 0.1) is 12.1 Å². The van der Waals surface area contributed by atoms with E-state index in [4.69, 9.17) is 0 Å². The predicted octanol–water partition coefficient (Wildman–Crippen LogP) is 2.80. The second-order valence-corrected chi connectivity index (χ2v) is 6.96. The second-order valence-electron chi connectivity index (χ2n) is 6.96. The number of hydrogen-bond donors (Lipinski definition) is 2. The van der Waals surface area contributed by atoms with Crippen molar-refractivity contribution in [3.8, 4) is 0 Å². The summed E-state index contributed by atoms with van der Waals surface area (Å²) < 4.78 is 0. The summed E-state index contributed by atoms with van der Waals surface area (Å²) in [6.45, 7) is 5.16. The molecule has 1 aliphatic rings. The smallest absolute Gasteiger partial charge is 0.258 e. The molecular formula is C21H23N3O3.